The van der Waals surface area contributed by atoms with Crippen LogP contribution < -0.4 is 10.9 Å². The third kappa shape index (κ3) is 4.04. The number of nitrogens with one attached hydrogen (secondary N) is 1. The average molecular weight is 427 g/mol. The third-order valence-electron chi connectivity index (χ3n) is 5.52. The molecule has 3 aromatic rings. The molecular weight excluding hydrogens is 396 g/mol. The summed E-state index contributed by atoms with van der Waals surface area (Å²) in [7, 11) is 3.86. The van der Waals surface area contributed by atoms with Gasteiger partial charge in [0.25, 0.3) is 5.56 Å². The molecule has 6 nitrogen and oxygen atoms in total. The smallest absolute Gasteiger partial charge is 0.263 e. The maximum atomic E-state index is 13.5. The van der Waals surface area contributed by atoms with Crippen LogP contribution in [0.2, 0.25) is 0 Å². The highest BCUT2D eigenvalue weighted by Gasteiger charge is 2.25. The molecule has 3 rings (SSSR count). The summed E-state index contributed by atoms with van der Waals surface area (Å²) in [6, 6.07) is 5.30. The van der Waals surface area contributed by atoms with Crippen LogP contribution in [0.1, 0.15) is 47.3 Å². The molecule has 2 aromatic heterocycles. The number of para-hydroxylation sites is 1. The SMILES string of the molecule is CCc1cccc(C)c1NC(=O)C(C)n1c(CN(C)C)nc2sc(C)c(C)c2c1=O. The van der Waals surface area contributed by atoms with Gasteiger partial charge < -0.3 is 10.2 Å². The Bertz CT molecular complexity index is 1160. The van der Waals surface area contributed by atoms with Gasteiger partial charge in [0.05, 0.1) is 11.9 Å². The van der Waals surface area contributed by atoms with Crippen LogP contribution in [0.3, 0.4) is 0 Å². The van der Waals surface area contributed by atoms with Gasteiger partial charge in [-0.3, -0.25) is 14.2 Å². The van der Waals surface area contributed by atoms with Crippen molar-refractivity contribution in [3.63, 3.8) is 0 Å². The largest absolute Gasteiger partial charge is 0.324 e. The van der Waals surface area contributed by atoms with Gasteiger partial charge in [-0.25, -0.2) is 4.98 Å². The van der Waals surface area contributed by atoms with Crippen LogP contribution in [0.4, 0.5) is 5.69 Å². The van der Waals surface area contributed by atoms with E-state index in [2.05, 4.69) is 12.2 Å². The Kier molecular flexibility index (Phi) is 6.43. The highest BCUT2D eigenvalue weighted by molar-refractivity contribution is 7.18. The summed E-state index contributed by atoms with van der Waals surface area (Å²) in [6.45, 7) is 10.2. The molecule has 0 saturated heterocycles. The molecule has 0 aliphatic carbocycles. The summed E-state index contributed by atoms with van der Waals surface area (Å²) in [6.07, 6.45) is 0.818. The second kappa shape index (κ2) is 8.70. The first kappa shape index (κ1) is 22.2. The van der Waals surface area contributed by atoms with Gasteiger partial charge >= 0.3 is 0 Å². The highest BCUT2D eigenvalue weighted by atomic mass is 32.1. The van der Waals surface area contributed by atoms with Crippen molar-refractivity contribution in [3.05, 3.63) is 55.9 Å². The minimum Gasteiger partial charge on any atom is -0.324 e. The van der Waals surface area contributed by atoms with Gasteiger partial charge in [-0.1, -0.05) is 25.1 Å². The quantitative estimate of drug-likeness (QED) is 0.641. The summed E-state index contributed by atoms with van der Waals surface area (Å²) < 4.78 is 1.56. The molecule has 0 fully saturated rings. The lowest BCUT2D eigenvalue weighted by Crippen LogP contribution is -2.36. The molecule has 160 valence electrons. The van der Waals surface area contributed by atoms with Crippen LogP contribution in [0, 0.1) is 20.8 Å². The lowest BCUT2D eigenvalue weighted by Gasteiger charge is -2.22. The number of benzene rings is 1. The molecule has 1 N–H and O–H groups in total. The summed E-state index contributed by atoms with van der Waals surface area (Å²) in [5.74, 6) is 0.383. The molecule has 0 aliphatic heterocycles. The van der Waals surface area contributed by atoms with Gasteiger partial charge in [-0.05, 0) is 64.9 Å². The summed E-state index contributed by atoms with van der Waals surface area (Å²) >= 11 is 1.53. The zero-order valence-corrected chi connectivity index (χ0v) is 19.6. The van der Waals surface area contributed by atoms with Gasteiger partial charge in [0.2, 0.25) is 5.91 Å². The first-order valence-corrected chi connectivity index (χ1v) is 11.0. The van der Waals surface area contributed by atoms with E-state index in [1.165, 1.54) is 11.3 Å². The van der Waals surface area contributed by atoms with Gasteiger partial charge in [-0.15, -0.1) is 11.3 Å². The summed E-state index contributed by atoms with van der Waals surface area (Å²) in [4.78, 5) is 35.3. The standard InChI is InChI=1S/C23H30N4O2S/c1-8-17-11-9-10-13(2)20(17)25-21(28)15(4)27-18(12-26(6)7)24-22-19(23(27)29)14(3)16(5)30-22/h9-11,15H,8,12H2,1-7H3,(H,25,28). The molecule has 0 radical (unpaired) electrons. The van der Waals surface area contributed by atoms with E-state index in [1.807, 2.05) is 58.0 Å². The molecule has 1 aromatic carbocycles. The number of amides is 1. The predicted octanol–water partition coefficient (Wildman–Crippen LogP) is 4.21. The van der Waals surface area contributed by atoms with Crippen molar-refractivity contribution in [1.82, 2.24) is 14.5 Å². The Balaban J connectivity index is 2.10. The number of carbonyl (C=O) groups excluding carboxylic acids is 1. The van der Waals surface area contributed by atoms with Crippen molar-refractivity contribution >= 4 is 33.1 Å². The lowest BCUT2D eigenvalue weighted by molar-refractivity contribution is -0.119. The van der Waals surface area contributed by atoms with Crippen LogP contribution in [-0.2, 0) is 17.8 Å². The van der Waals surface area contributed by atoms with E-state index in [0.717, 1.165) is 38.5 Å². The van der Waals surface area contributed by atoms with E-state index < -0.39 is 6.04 Å². The number of carbonyl (C=O) groups is 1. The number of anilines is 1. The van der Waals surface area contributed by atoms with Crippen LogP contribution in [0.15, 0.2) is 23.0 Å². The molecule has 7 heteroatoms. The number of nitrogens with zero attached hydrogens (tertiary/aromatic N) is 3. The van der Waals surface area contributed by atoms with Crippen molar-refractivity contribution in [1.29, 1.82) is 0 Å². The zero-order chi connectivity index (χ0) is 22.2. The zero-order valence-electron chi connectivity index (χ0n) is 18.8. The molecule has 0 bridgehead atoms. The maximum absolute atomic E-state index is 13.5. The number of hydrogen-bond acceptors (Lipinski definition) is 5. The van der Waals surface area contributed by atoms with Crippen LogP contribution >= 0.6 is 11.3 Å². The topological polar surface area (TPSA) is 67.2 Å². The Morgan fingerprint density at radius 3 is 2.60 bits per heavy atom. The van der Waals surface area contributed by atoms with Crippen LogP contribution in [0.25, 0.3) is 10.2 Å². The monoisotopic (exact) mass is 426 g/mol. The van der Waals surface area contributed by atoms with E-state index in [0.29, 0.717) is 17.8 Å². The molecule has 1 atom stereocenters. The third-order valence-corrected chi connectivity index (χ3v) is 6.62. The second-order valence-corrected chi connectivity index (χ2v) is 9.24. The lowest BCUT2D eigenvalue weighted by atomic mass is 10.1. The maximum Gasteiger partial charge on any atom is 0.263 e. The average Bonchev–Trinajstić information content (AvgIpc) is 2.96. The molecule has 2 heterocycles. The number of fused-ring (bicyclic) bond motifs is 1. The number of aromatic nitrogens is 2. The normalized spacial score (nSPS) is 12.5. The Morgan fingerprint density at radius 1 is 1.27 bits per heavy atom. The van der Waals surface area contributed by atoms with Crippen LogP contribution in [0.5, 0.6) is 0 Å². The minimum absolute atomic E-state index is 0.151. The van der Waals surface area contributed by atoms with Gasteiger partial charge in [0.1, 0.15) is 16.7 Å². The number of rotatable bonds is 6. The van der Waals surface area contributed by atoms with Crippen molar-refractivity contribution in [2.45, 2.75) is 53.6 Å². The van der Waals surface area contributed by atoms with E-state index in [-0.39, 0.29) is 11.5 Å². The number of hydrogen-bond donors (Lipinski definition) is 1. The first-order chi connectivity index (χ1) is 14.1. The number of aryl methyl sites for hydroxylation is 4. The molecule has 0 aliphatic rings. The van der Waals surface area contributed by atoms with E-state index >= 15 is 0 Å². The highest BCUT2D eigenvalue weighted by Crippen LogP contribution is 2.28. The molecule has 30 heavy (non-hydrogen) atoms. The van der Waals surface area contributed by atoms with Gasteiger partial charge in [0.15, 0.2) is 0 Å². The molecular formula is C23H30N4O2S. The fourth-order valence-electron chi connectivity index (χ4n) is 3.69. The minimum atomic E-state index is -0.687. The Labute approximate surface area is 181 Å². The van der Waals surface area contributed by atoms with Crippen LogP contribution in [-0.4, -0.2) is 34.5 Å². The fraction of sp³-hybridized carbons (Fsp3) is 0.435. The van der Waals surface area contributed by atoms with Crippen molar-refractivity contribution < 1.29 is 4.79 Å². The Morgan fingerprint density at radius 2 is 1.97 bits per heavy atom. The Hall–Kier alpha value is -2.51. The van der Waals surface area contributed by atoms with E-state index in [4.69, 9.17) is 4.98 Å². The molecule has 1 unspecified atom stereocenters. The summed E-state index contributed by atoms with van der Waals surface area (Å²) in [5.41, 5.74) is 3.71. The first-order valence-electron chi connectivity index (χ1n) is 10.2. The molecule has 1 amide bonds. The number of thiophene rings is 1. The van der Waals surface area contributed by atoms with E-state index in [1.54, 1.807) is 11.5 Å². The van der Waals surface area contributed by atoms with Crippen molar-refractivity contribution in [3.8, 4) is 0 Å². The second-order valence-electron chi connectivity index (χ2n) is 8.03. The van der Waals surface area contributed by atoms with Crippen molar-refractivity contribution in [2.75, 3.05) is 19.4 Å². The van der Waals surface area contributed by atoms with Crippen molar-refractivity contribution in [2.24, 2.45) is 0 Å². The van der Waals surface area contributed by atoms with Gasteiger partial charge in [-0.2, -0.15) is 0 Å². The van der Waals surface area contributed by atoms with Gasteiger partial charge in [0, 0.05) is 10.6 Å². The predicted molar refractivity (Wildman–Crippen MR) is 125 cm³/mol. The molecule has 0 saturated carbocycles. The fourth-order valence-corrected chi connectivity index (χ4v) is 4.73. The van der Waals surface area contributed by atoms with E-state index in [9.17, 15) is 9.59 Å². The summed E-state index contributed by atoms with van der Waals surface area (Å²) in [5, 5.41) is 3.68. The molecule has 0 spiro atoms.